The molecule has 164 valence electrons. The predicted molar refractivity (Wildman–Crippen MR) is 118 cm³/mol. The van der Waals surface area contributed by atoms with Gasteiger partial charge >= 0.3 is 0 Å². The molecule has 1 aliphatic rings. The summed E-state index contributed by atoms with van der Waals surface area (Å²) >= 11 is 1.65. The molecular formula is C20H22N4O5S2. The first-order valence-corrected chi connectivity index (χ1v) is 12.0. The molecule has 0 aliphatic carbocycles. The van der Waals surface area contributed by atoms with Gasteiger partial charge in [-0.1, -0.05) is 12.1 Å². The second kappa shape index (κ2) is 8.50. The zero-order valence-electron chi connectivity index (χ0n) is 17.1. The lowest BCUT2D eigenvalue weighted by molar-refractivity contribution is -0.385. The minimum atomic E-state index is -3.93. The molecule has 1 unspecified atom stereocenters. The number of methoxy groups -OCH3 is 1. The van der Waals surface area contributed by atoms with Crippen LogP contribution in [0.25, 0.3) is 10.2 Å². The molecule has 1 saturated heterocycles. The summed E-state index contributed by atoms with van der Waals surface area (Å²) in [5, 5.41) is 12.1. The van der Waals surface area contributed by atoms with Crippen molar-refractivity contribution in [3.05, 3.63) is 57.6 Å². The summed E-state index contributed by atoms with van der Waals surface area (Å²) in [5.74, 6) is 0.0934. The SMILES string of the molecule is COc1ccc([N+](=O)[O-])cc1S(=O)(=O)N1CCN(C(C)c2nc3ccccc3s2)CC1. The highest BCUT2D eigenvalue weighted by molar-refractivity contribution is 7.89. The lowest BCUT2D eigenvalue weighted by atomic mass is 10.2. The number of ether oxygens (including phenoxy) is 1. The van der Waals surface area contributed by atoms with Crippen LogP contribution in [-0.2, 0) is 10.0 Å². The Balaban J connectivity index is 1.51. The molecule has 0 radical (unpaired) electrons. The number of fused-ring (bicyclic) bond motifs is 1. The number of rotatable bonds is 6. The maximum absolute atomic E-state index is 13.2. The average molecular weight is 463 g/mol. The average Bonchev–Trinajstić information content (AvgIpc) is 3.22. The van der Waals surface area contributed by atoms with Crippen molar-refractivity contribution in [2.75, 3.05) is 33.3 Å². The smallest absolute Gasteiger partial charge is 0.271 e. The summed E-state index contributed by atoms with van der Waals surface area (Å²) in [6, 6.07) is 11.6. The Morgan fingerprint density at radius 1 is 1.16 bits per heavy atom. The van der Waals surface area contributed by atoms with Crippen LogP contribution in [0.2, 0.25) is 0 Å². The van der Waals surface area contributed by atoms with E-state index in [1.165, 1.54) is 23.5 Å². The Labute approximate surface area is 184 Å². The fourth-order valence-electron chi connectivity index (χ4n) is 3.68. The normalized spacial score (nSPS) is 17.0. The number of thiazole rings is 1. The third-order valence-electron chi connectivity index (χ3n) is 5.46. The lowest BCUT2D eigenvalue weighted by Gasteiger charge is -2.36. The molecule has 0 N–H and O–H groups in total. The van der Waals surface area contributed by atoms with Gasteiger partial charge in [-0.3, -0.25) is 15.0 Å². The zero-order chi connectivity index (χ0) is 22.2. The van der Waals surface area contributed by atoms with Crippen LogP contribution in [-0.4, -0.2) is 60.8 Å². The van der Waals surface area contributed by atoms with Crippen molar-refractivity contribution in [1.29, 1.82) is 0 Å². The Bertz CT molecular complexity index is 1190. The van der Waals surface area contributed by atoms with Crippen LogP contribution in [0, 0.1) is 10.1 Å². The molecule has 0 spiro atoms. The number of aromatic nitrogens is 1. The Morgan fingerprint density at radius 3 is 2.52 bits per heavy atom. The molecule has 11 heteroatoms. The summed E-state index contributed by atoms with van der Waals surface area (Å²) < 4.78 is 34.0. The molecule has 9 nitrogen and oxygen atoms in total. The summed E-state index contributed by atoms with van der Waals surface area (Å²) in [7, 11) is -2.59. The molecule has 1 fully saturated rings. The Morgan fingerprint density at radius 2 is 1.87 bits per heavy atom. The number of nitrogens with zero attached hydrogens (tertiary/aromatic N) is 4. The van der Waals surface area contributed by atoms with Crippen LogP contribution in [0.5, 0.6) is 5.75 Å². The summed E-state index contributed by atoms with van der Waals surface area (Å²) in [5.41, 5.74) is 0.677. The van der Waals surface area contributed by atoms with Gasteiger partial charge in [-0.25, -0.2) is 13.4 Å². The van der Waals surface area contributed by atoms with Crippen molar-refractivity contribution in [2.45, 2.75) is 17.9 Å². The molecule has 0 amide bonds. The van der Waals surface area contributed by atoms with Crippen molar-refractivity contribution in [1.82, 2.24) is 14.2 Å². The van der Waals surface area contributed by atoms with Gasteiger partial charge in [0.25, 0.3) is 5.69 Å². The van der Waals surface area contributed by atoms with Crippen molar-refractivity contribution in [3.63, 3.8) is 0 Å². The van der Waals surface area contributed by atoms with Crippen LogP contribution in [0.4, 0.5) is 5.69 Å². The third kappa shape index (κ3) is 4.13. The van der Waals surface area contributed by atoms with Gasteiger partial charge in [0.1, 0.15) is 15.7 Å². The standard InChI is InChI=1S/C20H22N4O5S2/c1-14(20-21-16-5-3-4-6-18(16)30-20)22-9-11-23(12-10-22)31(27,28)19-13-15(24(25)26)7-8-17(19)29-2/h3-8,13-14H,9-12H2,1-2H3. The van der Waals surface area contributed by atoms with Gasteiger partial charge in [-0.2, -0.15) is 4.31 Å². The van der Waals surface area contributed by atoms with Gasteiger partial charge in [0.05, 0.1) is 28.3 Å². The Kier molecular flexibility index (Phi) is 5.93. The number of hydrogen-bond donors (Lipinski definition) is 0. The molecule has 31 heavy (non-hydrogen) atoms. The number of nitro groups is 1. The van der Waals surface area contributed by atoms with E-state index in [4.69, 9.17) is 9.72 Å². The van der Waals surface area contributed by atoms with E-state index >= 15 is 0 Å². The topological polar surface area (TPSA) is 106 Å². The first-order chi connectivity index (χ1) is 14.8. The number of sulfonamides is 1. The van der Waals surface area contributed by atoms with Crippen LogP contribution in [0.1, 0.15) is 18.0 Å². The van der Waals surface area contributed by atoms with Crippen LogP contribution in [0.15, 0.2) is 47.4 Å². The van der Waals surface area contributed by atoms with E-state index in [0.29, 0.717) is 13.1 Å². The largest absolute Gasteiger partial charge is 0.495 e. The summed E-state index contributed by atoms with van der Waals surface area (Å²) in [6.07, 6.45) is 0. The summed E-state index contributed by atoms with van der Waals surface area (Å²) in [4.78, 5) is 17.2. The molecule has 1 atom stereocenters. The molecule has 1 aromatic heterocycles. The third-order valence-corrected chi connectivity index (χ3v) is 8.59. The van der Waals surface area contributed by atoms with Crippen LogP contribution in [0.3, 0.4) is 0 Å². The van der Waals surface area contributed by atoms with E-state index in [9.17, 15) is 18.5 Å². The number of piperazine rings is 1. The monoisotopic (exact) mass is 462 g/mol. The van der Waals surface area contributed by atoms with E-state index in [1.807, 2.05) is 24.3 Å². The fraction of sp³-hybridized carbons (Fsp3) is 0.350. The van der Waals surface area contributed by atoms with E-state index in [1.54, 1.807) is 11.3 Å². The molecule has 3 aromatic rings. The molecule has 0 bridgehead atoms. The van der Waals surface area contributed by atoms with Gasteiger partial charge < -0.3 is 4.74 Å². The minimum Gasteiger partial charge on any atom is -0.495 e. The Hall–Kier alpha value is -2.60. The highest BCUT2D eigenvalue weighted by Crippen LogP contribution is 2.33. The first-order valence-electron chi connectivity index (χ1n) is 9.73. The van der Waals surface area contributed by atoms with E-state index in [2.05, 4.69) is 11.8 Å². The van der Waals surface area contributed by atoms with Crippen LogP contribution >= 0.6 is 11.3 Å². The van der Waals surface area contributed by atoms with Crippen molar-refractivity contribution < 1.29 is 18.1 Å². The van der Waals surface area contributed by atoms with E-state index in [0.717, 1.165) is 21.3 Å². The lowest BCUT2D eigenvalue weighted by Crippen LogP contribution is -2.49. The maximum atomic E-state index is 13.2. The fourth-order valence-corrected chi connectivity index (χ4v) is 6.33. The maximum Gasteiger partial charge on any atom is 0.271 e. The van der Waals surface area contributed by atoms with Gasteiger partial charge in [-0.15, -0.1) is 11.3 Å². The molecule has 2 aromatic carbocycles. The highest BCUT2D eigenvalue weighted by Gasteiger charge is 2.34. The number of benzene rings is 2. The molecule has 2 heterocycles. The molecular weight excluding hydrogens is 440 g/mol. The number of nitro benzene ring substituents is 1. The van der Waals surface area contributed by atoms with Crippen LogP contribution < -0.4 is 4.74 Å². The number of hydrogen-bond acceptors (Lipinski definition) is 8. The second-order valence-electron chi connectivity index (χ2n) is 7.23. The zero-order valence-corrected chi connectivity index (χ0v) is 18.7. The molecule has 4 rings (SSSR count). The van der Waals surface area contributed by atoms with Gasteiger partial charge in [0.15, 0.2) is 0 Å². The van der Waals surface area contributed by atoms with Crippen molar-refractivity contribution >= 4 is 37.3 Å². The number of non-ortho nitro benzene ring substituents is 1. The molecule has 0 saturated carbocycles. The first kappa shape index (κ1) is 21.6. The minimum absolute atomic E-state index is 0.0644. The summed E-state index contributed by atoms with van der Waals surface area (Å²) in [6.45, 7) is 3.71. The van der Waals surface area contributed by atoms with Gasteiger partial charge in [-0.05, 0) is 25.1 Å². The van der Waals surface area contributed by atoms with Gasteiger partial charge in [0, 0.05) is 38.3 Å². The van der Waals surface area contributed by atoms with E-state index < -0.39 is 14.9 Å². The van der Waals surface area contributed by atoms with E-state index in [-0.39, 0.29) is 35.5 Å². The second-order valence-corrected chi connectivity index (χ2v) is 10.2. The quantitative estimate of drug-likeness (QED) is 0.409. The molecule has 1 aliphatic heterocycles. The predicted octanol–water partition coefficient (Wildman–Crippen LogP) is 3.28. The van der Waals surface area contributed by atoms with Crippen molar-refractivity contribution in [3.8, 4) is 5.75 Å². The van der Waals surface area contributed by atoms with Crippen molar-refractivity contribution in [2.24, 2.45) is 0 Å². The number of para-hydroxylation sites is 1. The highest BCUT2D eigenvalue weighted by atomic mass is 32.2. The van der Waals surface area contributed by atoms with Gasteiger partial charge in [0.2, 0.25) is 10.0 Å².